The zero-order valence-electron chi connectivity index (χ0n) is 16.5. The Hall–Kier alpha value is -3.15. The molecular formula is C20H17F5N6O. The van der Waals surface area contributed by atoms with Gasteiger partial charge in [0, 0.05) is 23.9 Å². The predicted octanol–water partition coefficient (Wildman–Crippen LogP) is 3.49. The van der Waals surface area contributed by atoms with Gasteiger partial charge in [-0.15, -0.1) is 0 Å². The lowest BCUT2D eigenvalue weighted by atomic mass is 9.89. The second kappa shape index (κ2) is 7.47. The first-order valence-corrected chi connectivity index (χ1v) is 9.98. The van der Waals surface area contributed by atoms with E-state index in [1.54, 1.807) is 0 Å². The molecule has 0 aliphatic carbocycles. The summed E-state index contributed by atoms with van der Waals surface area (Å²) in [5, 5.41) is 10.0. The van der Waals surface area contributed by atoms with Gasteiger partial charge < -0.3 is 10.6 Å². The van der Waals surface area contributed by atoms with Crippen LogP contribution < -0.4 is 10.6 Å². The standard InChI is InChI=1S/C20H17F5N6O/c21-9-1-2-10-14(5-9)31(13-3-4-26-7-12(13)22)30-17(10)18-16-11(20(23,24)25)6-15(32)29-19(16)28-8-27-18/h1-2,5,8,11-13,26H,3-4,6-7H2,(H,27,28,29,32)/t11-,12-,13+/m1/s1. The zero-order chi connectivity index (χ0) is 22.6. The minimum atomic E-state index is -4.73. The number of carbonyl (C=O) groups excluding carboxylic acids is 1. The highest BCUT2D eigenvalue weighted by atomic mass is 19.4. The number of carbonyl (C=O) groups is 1. The van der Waals surface area contributed by atoms with Gasteiger partial charge in [-0.1, -0.05) is 0 Å². The van der Waals surface area contributed by atoms with Crippen LogP contribution in [-0.2, 0) is 4.79 Å². The number of hydrogen-bond acceptors (Lipinski definition) is 5. The van der Waals surface area contributed by atoms with Crippen molar-refractivity contribution in [1.29, 1.82) is 0 Å². The Bertz CT molecular complexity index is 1210. The van der Waals surface area contributed by atoms with E-state index in [2.05, 4.69) is 25.7 Å². The average molecular weight is 452 g/mol. The maximum absolute atomic E-state index is 14.7. The Labute approximate surface area is 178 Å². The molecule has 3 aromatic rings. The molecule has 0 radical (unpaired) electrons. The first-order valence-electron chi connectivity index (χ1n) is 9.98. The van der Waals surface area contributed by atoms with Crippen LogP contribution in [-0.4, -0.2) is 51.1 Å². The van der Waals surface area contributed by atoms with E-state index in [9.17, 15) is 26.7 Å². The molecule has 1 saturated heterocycles. The molecule has 0 bridgehead atoms. The van der Waals surface area contributed by atoms with Crippen LogP contribution in [0.1, 0.15) is 30.4 Å². The number of piperidine rings is 1. The normalized spacial score (nSPS) is 23.8. The lowest BCUT2D eigenvalue weighted by molar-refractivity contribution is -0.156. The summed E-state index contributed by atoms with van der Waals surface area (Å²) in [7, 11) is 0. The highest BCUT2D eigenvalue weighted by Crippen LogP contribution is 2.47. The quantitative estimate of drug-likeness (QED) is 0.582. The van der Waals surface area contributed by atoms with Crippen LogP contribution in [0.4, 0.5) is 27.8 Å². The number of nitrogens with zero attached hydrogens (tertiary/aromatic N) is 4. The molecule has 2 aromatic heterocycles. The molecule has 1 amide bonds. The molecule has 32 heavy (non-hydrogen) atoms. The van der Waals surface area contributed by atoms with Gasteiger partial charge in [0.05, 0.1) is 17.5 Å². The van der Waals surface area contributed by atoms with E-state index in [0.29, 0.717) is 18.4 Å². The number of alkyl halides is 4. The van der Waals surface area contributed by atoms with E-state index in [0.717, 1.165) is 12.4 Å². The van der Waals surface area contributed by atoms with Gasteiger partial charge in [-0.05, 0) is 31.2 Å². The molecule has 1 fully saturated rings. The fourth-order valence-electron chi connectivity index (χ4n) is 4.38. The maximum atomic E-state index is 14.7. The van der Waals surface area contributed by atoms with Gasteiger partial charge in [-0.2, -0.15) is 18.3 Å². The van der Waals surface area contributed by atoms with Crippen molar-refractivity contribution in [2.24, 2.45) is 0 Å². The Balaban J connectivity index is 1.75. The van der Waals surface area contributed by atoms with Crippen molar-refractivity contribution >= 4 is 22.6 Å². The van der Waals surface area contributed by atoms with Gasteiger partial charge in [-0.25, -0.2) is 18.7 Å². The van der Waals surface area contributed by atoms with E-state index < -0.39 is 42.5 Å². The van der Waals surface area contributed by atoms with Crippen LogP contribution in [0.3, 0.4) is 0 Å². The molecule has 2 aliphatic heterocycles. The van der Waals surface area contributed by atoms with Crippen molar-refractivity contribution in [2.75, 3.05) is 18.4 Å². The predicted molar refractivity (Wildman–Crippen MR) is 104 cm³/mol. The van der Waals surface area contributed by atoms with Gasteiger partial charge in [0.15, 0.2) is 0 Å². The highest BCUT2D eigenvalue weighted by molar-refractivity contribution is 5.98. The number of rotatable bonds is 2. The van der Waals surface area contributed by atoms with E-state index in [1.165, 1.54) is 16.8 Å². The van der Waals surface area contributed by atoms with Gasteiger partial charge in [0.2, 0.25) is 5.91 Å². The third-order valence-corrected chi connectivity index (χ3v) is 5.86. The highest BCUT2D eigenvalue weighted by Gasteiger charge is 2.48. The first-order chi connectivity index (χ1) is 15.2. The number of hydrogen-bond donors (Lipinski definition) is 2. The fraction of sp³-hybridized carbons (Fsp3) is 0.400. The third-order valence-electron chi connectivity index (χ3n) is 5.86. The lowest BCUT2D eigenvalue weighted by Crippen LogP contribution is -2.39. The second-order valence-corrected chi connectivity index (χ2v) is 7.86. The maximum Gasteiger partial charge on any atom is 0.396 e. The molecule has 12 heteroatoms. The number of amides is 1. The average Bonchev–Trinajstić information content (AvgIpc) is 3.10. The number of fused-ring (bicyclic) bond motifs is 2. The van der Waals surface area contributed by atoms with Crippen molar-refractivity contribution in [3.63, 3.8) is 0 Å². The SMILES string of the molecule is O=C1C[C@@H](C(F)(F)F)c2c(ncnc2-c2nn([C@H]3CCNC[C@H]3F)c3cc(F)ccc23)N1. The largest absolute Gasteiger partial charge is 0.396 e. The molecule has 3 atom stereocenters. The van der Waals surface area contributed by atoms with Gasteiger partial charge in [0.1, 0.15) is 35.5 Å². The van der Waals surface area contributed by atoms with E-state index in [-0.39, 0.29) is 34.8 Å². The Morgan fingerprint density at radius 3 is 2.72 bits per heavy atom. The van der Waals surface area contributed by atoms with Crippen LogP contribution in [0.25, 0.3) is 22.3 Å². The third kappa shape index (κ3) is 3.38. The van der Waals surface area contributed by atoms with Gasteiger partial charge in [-0.3, -0.25) is 9.48 Å². The van der Waals surface area contributed by atoms with Crippen molar-refractivity contribution in [3.05, 3.63) is 35.9 Å². The molecule has 0 saturated carbocycles. The summed E-state index contributed by atoms with van der Waals surface area (Å²) in [5.74, 6) is -3.77. The summed E-state index contributed by atoms with van der Waals surface area (Å²) in [4.78, 5) is 19.7. The van der Waals surface area contributed by atoms with Crippen molar-refractivity contribution in [3.8, 4) is 11.4 Å². The monoisotopic (exact) mass is 452 g/mol. The van der Waals surface area contributed by atoms with Crippen LogP contribution >= 0.6 is 0 Å². The fourth-order valence-corrected chi connectivity index (χ4v) is 4.38. The summed E-state index contributed by atoms with van der Waals surface area (Å²) in [6.45, 7) is 0.601. The summed E-state index contributed by atoms with van der Waals surface area (Å²) < 4.78 is 71.6. The number of anilines is 1. The molecule has 1 aromatic carbocycles. The molecule has 2 aliphatic rings. The number of nitrogens with one attached hydrogen (secondary N) is 2. The summed E-state index contributed by atoms with van der Waals surface area (Å²) in [6.07, 6.45) is -5.45. The number of aromatic nitrogens is 4. The first kappa shape index (κ1) is 20.7. The zero-order valence-corrected chi connectivity index (χ0v) is 16.5. The van der Waals surface area contributed by atoms with Crippen molar-refractivity contribution < 1.29 is 26.7 Å². The molecule has 0 unspecified atom stereocenters. The molecule has 4 heterocycles. The molecule has 2 N–H and O–H groups in total. The van der Waals surface area contributed by atoms with Crippen LogP contribution in [0.5, 0.6) is 0 Å². The minimum absolute atomic E-state index is 0.0507. The van der Waals surface area contributed by atoms with Crippen LogP contribution in [0.15, 0.2) is 24.5 Å². The van der Waals surface area contributed by atoms with E-state index in [1.807, 2.05) is 0 Å². The van der Waals surface area contributed by atoms with Gasteiger partial charge >= 0.3 is 6.18 Å². The molecule has 0 spiro atoms. The van der Waals surface area contributed by atoms with Crippen molar-refractivity contribution in [1.82, 2.24) is 25.1 Å². The Morgan fingerprint density at radius 1 is 1.16 bits per heavy atom. The second-order valence-electron chi connectivity index (χ2n) is 7.86. The minimum Gasteiger partial charge on any atom is -0.314 e. The smallest absolute Gasteiger partial charge is 0.314 e. The van der Waals surface area contributed by atoms with Gasteiger partial charge in [0.25, 0.3) is 0 Å². The summed E-state index contributed by atoms with van der Waals surface area (Å²) in [6, 6.07) is 3.00. The van der Waals surface area contributed by atoms with Crippen LogP contribution in [0.2, 0.25) is 0 Å². The summed E-state index contributed by atoms with van der Waals surface area (Å²) >= 11 is 0. The molecule has 5 rings (SSSR count). The van der Waals surface area contributed by atoms with E-state index in [4.69, 9.17) is 0 Å². The Kier molecular flexibility index (Phi) is 4.84. The Morgan fingerprint density at radius 2 is 1.97 bits per heavy atom. The molecular weight excluding hydrogens is 435 g/mol. The number of halogens is 5. The lowest BCUT2D eigenvalue weighted by Gasteiger charge is -2.28. The van der Waals surface area contributed by atoms with Crippen molar-refractivity contribution in [2.45, 2.75) is 37.1 Å². The molecule has 7 nitrogen and oxygen atoms in total. The number of benzene rings is 1. The van der Waals surface area contributed by atoms with Crippen LogP contribution in [0, 0.1) is 5.82 Å². The summed E-state index contributed by atoms with van der Waals surface area (Å²) in [5.41, 5.74) is -0.130. The van der Waals surface area contributed by atoms with E-state index >= 15 is 0 Å². The molecule has 168 valence electrons. The topological polar surface area (TPSA) is 84.7 Å².